The second-order valence-electron chi connectivity index (χ2n) is 10.0. The Morgan fingerprint density at radius 1 is 1.14 bits per heavy atom. The molecule has 0 aliphatic carbocycles. The normalized spacial score (nSPS) is 19.7. The molecule has 1 atom stereocenters. The molecular weight excluding hydrogens is 516 g/mol. The van der Waals surface area contributed by atoms with Gasteiger partial charge in [-0.3, -0.25) is 10.0 Å². The van der Waals surface area contributed by atoms with Crippen molar-refractivity contribution >= 4 is 33.1 Å². The van der Waals surface area contributed by atoms with Crippen LogP contribution in [0.5, 0.6) is 0 Å². The summed E-state index contributed by atoms with van der Waals surface area (Å²) < 4.78 is 31.2. The predicted molar refractivity (Wildman–Crippen MR) is 140 cm³/mol. The van der Waals surface area contributed by atoms with Crippen LogP contribution < -0.4 is 10.8 Å². The summed E-state index contributed by atoms with van der Waals surface area (Å²) >= 11 is 1.28. The van der Waals surface area contributed by atoms with Crippen LogP contribution in [0.15, 0.2) is 53.4 Å². The van der Waals surface area contributed by atoms with Crippen molar-refractivity contribution in [2.45, 2.75) is 43.9 Å². The zero-order valence-corrected chi connectivity index (χ0v) is 22.5. The number of hydroxylamine groups is 1. The number of sulfone groups is 1. The third-order valence-corrected chi connectivity index (χ3v) is 10.2. The summed E-state index contributed by atoms with van der Waals surface area (Å²) in [5, 5.41) is 12.1. The number of hydrogen-bond acceptors (Lipinski definition) is 8. The van der Waals surface area contributed by atoms with Crippen molar-refractivity contribution in [3.8, 4) is 21.8 Å². The highest BCUT2D eigenvalue weighted by atomic mass is 32.2. The number of thiophene rings is 1. The zero-order chi connectivity index (χ0) is 26.8. The van der Waals surface area contributed by atoms with Gasteiger partial charge in [-0.15, -0.1) is 11.3 Å². The van der Waals surface area contributed by atoms with E-state index in [1.807, 2.05) is 51.1 Å². The van der Waals surface area contributed by atoms with Gasteiger partial charge in [0.25, 0.3) is 0 Å². The third kappa shape index (κ3) is 5.71. The van der Waals surface area contributed by atoms with Gasteiger partial charge in [-0.05, 0) is 44.9 Å². The van der Waals surface area contributed by atoms with Crippen LogP contribution in [0, 0.1) is 0 Å². The first kappa shape index (κ1) is 26.8. The van der Waals surface area contributed by atoms with Crippen LogP contribution in [0.3, 0.4) is 0 Å². The molecule has 3 N–H and O–H groups in total. The molecule has 2 aromatic heterocycles. The molecule has 198 valence electrons. The Bertz CT molecular complexity index is 1360. The average molecular weight is 547 g/mol. The molecule has 4 rings (SSSR count). The molecule has 12 heteroatoms. The number of benzene rings is 1. The van der Waals surface area contributed by atoms with Crippen molar-refractivity contribution in [2.24, 2.45) is 0 Å². The number of carbonyl (C=O) groups is 2. The minimum atomic E-state index is -3.90. The van der Waals surface area contributed by atoms with Crippen molar-refractivity contribution in [3.05, 3.63) is 53.9 Å². The topological polar surface area (TPSA) is 142 Å². The fraction of sp³-hybridized carbons (Fsp3) is 0.400. The van der Waals surface area contributed by atoms with Gasteiger partial charge in [-0.2, -0.15) is 0 Å². The number of hydrogen-bond donors (Lipinski definition) is 3. The number of oxazole rings is 1. The van der Waals surface area contributed by atoms with Crippen LogP contribution in [0.4, 0.5) is 4.79 Å². The van der Waals surface area contributed by atoms with Crippen molar-refractivity contribution in [3.63, 3.8) is 0 Å². The number of carbonyl (C=O) groups excluding carboxylic acids is 2. The molecule has 0 radical (unpaired) electrons. The molecule has 0 unspecified atom stereocenters. The zero-order valence-electron chi connectivity index (χ0n) is 20.9. The van der Waals surface area contributed by atoms with Crippen molar-refractivity contribution in [1.29, 1.82) is 0 Å². The minimum absolute atomic E-state index is 0.00801. The van der Waals surface area contributed by atoms with E-state index in [-0.39, 0.29) is 31.3 Å². The van der Waals surface area contributed by atoms with Crippen molar-refractivity contribution in [1.82, 2.24) is 20.7 Å². The van der Waals surface area contributed by atoms with Crippen molar-refractivity contribution in [2.75, 3.05) is 18.8 Å². The molecule has 1 saturated heterocycles. The van der Waals surface area contributed by atoms with E-state index in [2.05, 4.69) is 10.3 Å². The number of nitrogens with one attached hydrogen (secondary N) is 2. The number of amides is 3. The predicted octanol–water partition coefficient (Wildman–Crippen LogP) is 3.79. The van der Waals surface area contributed by atoms with Crippen LogP contribution in [0.2, 0.25) is 0 Å². The number of aromatic nitrogens is 1. The lowest BCUT2D eigenvalue weighted by atomic mass is 9.97. The summed E-state index contributed by atoms with van der Waals surface area (Å²) in [4.78, 5) is 31.9. The maximum atomic E-state index is 13.7. The molecular formula is C25H30N4O6S2. The second-order valence-corrected chi connectivity index (χ2v) is 13.6. The van der Waals surface area contributed by atoms with E-state index in [0.29, 0.717) is 10.6 Å². The summed E-state index contributed by atoms with van der Waals surface area (Å²) in [7, 11) is -3.90. The second kappa shape index (κ2) is 10.3. The van der Waals surface area contributed by atoms with Gasteiger partial charge in [-0.1, -0.05) is 24.3 Å². The Morgan fingerprint density at radius 2 is 1.84 bits per heavy atom. The quantitative estimate of drug-likeness (QED) is 0.326. The molecule has 1 aliphatic heterocycles. The summed E-state index contributed by atoms with van der Waals surface area (Å²) in [5.74, 6) is -0.470. The van der Waals surface area contributed by atoms with Gasteiger partial charge in [0.15, 0.2) is 22.0 Å². The SMILES string of the molecule is CC(C)(C)NC(=O)N1CC[C@](CC(=O)NO)(c2ccc(-c3ccc(-c4cnco4)cc3)s2)S(=O)(=O)CC1. The molecule has 10 nitrogen and oxygen atoms in total. The summed E-state index contributed by atoms with van der Waals surface area (Å²) in [6.45, 7) is 5.69. The number of rotatable bonds is 5. The first-order valence-electron chi connectivity index (χ1n) is 11.8. The highest BCUT2D eigenvalue weighted by Crippen LogP contribution is 2.45. The van der Waals surface area contributed by atoms with Gasteiger partial charge in [-0.25, -0.2) is 23.7 Å². The van der Waals surface area contributed by atoms with E-state index in [0.717, 1.165) is 16.0 Å². The van der Waals surface area contributed by atoms with Crippen LogP contribution in [-0.4, -0.2) is 59.8 Å². The largest absolute Gasteiger partial charge is 0.444 e. The Morgan fingerprint density at radius 3 is 2.46 bits per heavy atom. The van der Waals surface area contributed by atoms with Crippen LogP contribution in [0.25, 0.3) is 21.8 Å². The summed E-state index contributed by atoms with van der Waals surface area (Å²) in [5.41, 5.74) is 2.83. The Hall–Kier alpha value is -3.22. The van der Waals surface area contributed by atoms with Gasteiger partial charge in [0, 0.05) is 33.9 Å². The highest BCUT2D eigenvalue weighted by molar-refractivity contribution is 7.92. The maximum absolute atomic E-state index is 13.7. The Balaban J connectivity index is 1.67. The molecule has 1 aromatic carbocycles. The summed E-state index contributed by atoms with van der Waals surface area (Å²) in [6.07, 6.45) is 2.55. The lowest BCUT2D eigenvalue weighted by Crippen LogP contribution is -2.49. The van der Waals surface area contributed by atoms with E-state index in [1.165, 1.54) is 22.6 Å². The van der Waals surface area contributed by atoms with E-state index >= 15 is 0 Å². The van der Waals surface area contributed by atoms with Gasteiger partial charge in [0.05, 0.1) is 18.4 Å². The molecule has 0 saturated carbocycles. The number of urea groups is 1. The van der Waals surface area contributed by atoms with Crippen molar-refractivity contribution < 1.29 is 27.6 Å². The van der Waals surface area contributed by atoms with E-state index in [4.69, 9.17) is 4.42 Å². The summed E-state index contributed by atoms with van der Waals surface area (Å²) in [6, 6.07) is 10.8. The Labute approximate surface area is 219 Å². The molecule has 3 aromatic rings. The van der Waals surface area contributed by atoms with Gasteiger partial charge < -0.3 is 14.6 Å². The lowest BCUT2D eigenvalue weighted by Gasteiger charge is -2.31. The van der Waals surface area contributed by atoms with Crippen LogP contribution in [0.1, 0.15) is 38.5 Å². The maximum Gasteiger partial charge on any atom is 0.317 e. The van der Waals surface area contributed by atoms with E-state index in [1.54, 1.807) is 17.7 Å². The molecule has 3 heterocycles. The molecule has 1 fully saturated rings. The first-order chi connectivity index (χ1) is 17.4. The minimum Gasteiger partial charge on any atom is -0.444 e. The smallest absolute Gasteiger partial charge is 0.317 e. The molecule has 37 heavy (non-hydrogen) atoms. The molecule has 0 spiro atoms. The fourth-order valence-electron chi connectivity index (χ4n) is 4.37. The van der Waals surface area contributed by atoms with E-state index in [9.17, 15) is 23.2 Å². The first-order valence-corrected chi connectivity index (χ1v) is 14.2. The monoisotopic (exact) mass is 546 g/mol. The standard InChI is InChI=1S/C25H30N4O6S2/c1-24(2,3)27-23(31)29-11-10-25(14-22(30)28-32,37(33,34)13-12-29)21-9-8-20(36-21)18-6-4-17(5-7-18)19-15-26-16-35-19/h4-9,15-16,32H,10-14H2,1-3H3,(H,27,31)(H,28,30)/t25-/m0/s1. The van der Waals surface area contributed by atoms with Crippen LogP contribution >= 0.6 is 11.3 Å². The molecule has 0 bridgehead atoms. The van der Waals surface area contributed by atoms with Gasteiger partial charge in [0.2, 0.25) is 5.91 Å². The Kier molecular flexibility index (Phi) is 7.45. The number of nitrogens with zero attached hydrogens (tertiary/aromatic N) is 2. The van der Waals surface area contributed by atoms with E-state index < -0.39 is 32.5 Å². The highest BCUT2D eigenvalue weighted by Gasteiger charge is 2.50. The van der Waals surface area contributed by atoms with Gasteiger partial charge >= 0.3 is 6.03 Å². The van der Waals surface area contributed by atoms with Gasteiger partial charge in [0.1, 0.15) is 4.75 Å². The average Bonchev–Trinajstić information content (AvgIpc) is 3.52. The molecule has 3 amide bonds. The fourth-order valence-corrected chi connectivity index (χ4v) is 7.98. The lowest BCUT2D eigenvalue weighted by molar-refractivity contribution is -0.129. The van der Waals surface area contributed by atoms with Crippen LogP contribution in [-0.2, 0) is 19.4 Å². The molecule has 1 aliphatic rings. The third-order valence-electron chi connectivity index (χ3n) is 6.29.